The van der Waals surface area contributed by atoms with E-state index < -0.39 is 12.6 Å². The van der Waals surface area contributed by atoms with E-state index in [1.165, 1.54) is 0 Å². The second kappa shape index (κ2) is 5.21. The quantitative estimate of drug-likeness (QED) is 0.782. The summed E-state index contributed by atoms with van der Waals surface area (Å²) < 4.78 is 16.9. The van der Waals surface area contributed by atoms with Crippen molar-refractivity contribution < 1.29 is 19.0 Å². The first-order chi connectivity index (χ1) is 6.74. The van der Waals surface area contributed by atoms with E-state index >= 15 is 0 Å². The number of ether oxygens (including phenoxy) is 1. The van der Waals surface area contributed by atoms with Gasteiger partial charge in [-0.25, -0.2) is 4.39 Å². The van der Waals surface area contributed by atoms with Crippen molar-refractivity contribution in [3.63, 3.8) is 0 Å². The van der Waals surface area contributed by atoms with E-state index in [9.17, 15) is 9.18 Å². The van der Waals surface area contributed by atoms with Crippen LogP contribution >= 0.6 is 0 Å². The van der Waals surface area contributed by atoms with Gasteiger partial charge in [-0.1, -0.05) is 18.2 Å². The van der Waals surface area contributed by atoms with Gasteiger partial charge >= 0.3 is 5.97 Å². The molecule has 0 radical (unpaired) electrons. The van der Waals surface area contributed by atoms with Crippen LogP contribution in [-0.4, -0.2) is 24.4 Å². The van der Waals surface area contributed by atoms with Crippen molar-refractivity contribution in [2.75, 3.05) is 13.3 Å². The van der Waals surface area contributed by atoms with Crippen molar-refractivity contribution in [2.45, 2.75) is 6.42 Å². The summed E-state index contributed by atoms with van der Waals surface area (Å²) in [4.78, 5) is 10.5. The Morgan fingerprint density at radius 3 is 2.79 bits per heavy atom. The fourth-order valence-corrected chi connectivity index (χ4v) is 1.10. The van der Waals surface area contributed by atoms with Crippen LogP contribution < -0.4 is 4.74 Å². The highest BCUT2D eigenvalue weighted by molar-refractivity contribution is 5.71. The summed E-state index contributed by atoms with van der Waals surface area (Å²) in [5, 5.41) is 8.59. The molecule has 1 aromatic carbocycles. The molecule has 1 rings (SSSR count). The Morgan fingerprint density at radius 1 is 1.43 bits per heavy atom. The van der Waals surface area contributed by atoms with Gasteiger partial charge < -0.3 is 9.84 Å². The number of carbonyl (C=O) groups is 1. The molecule has 1 aromatic rings. The highest BCUT2D eigenvalue weighted by Crippen LogP contribution is 2.18. The van der Waals surface area contributed by atoms with E-state index in [1.807, 2.05) is 0 Å². The maximum atomic E-state index is 11.8. The molecule has 0 amide bonds. The van der Waals surface area contributed by atoms with Gasteiger partial charge in [-0.05, 0) is 6.07 Å². The summed E-state index contributed by atoms with van der Waals surface area (Å²) in [6.07, 6.45) is -0.109. The van der Waals surface area contributed by atoms with Gasteiger partial charge in [0.25, 0.3) is 0 Å². The van der Waals surface area contributed by atoms with Crippen LogP contribution in [-0.2, 0) is 11.2 Å². The zero-order chi connectivity index (χ0) is 10.4. The number of para-hydroxylation sites is 1. The van der Waals surface area contributed by atoms with Gasteiger partial charge in [-0.2, -0.15) is 0 Å². The Kier molecular flexibility index (Phi) is 3.91. The molecule has 0 aliphatic carbocycles. The van der Waals surface area contributed by atoms with Crippen molar-refractivity contribution >= 4 is 5.97 Å². The molecule has 76 valence electrons. The Hall–Kier alpha value is -1.58. The average molecular weight is 198 g/mol. The number of carboxylic acid groups (broad SMARTS) is 1. The van der Waals surface area contributed by atoms with Gasteiger partial charge in [0, 0.05) is 5.56 Å². The summed E-state index contributed by atoms with van der Waals surface area (Å²) in [5.41, 5.74) is 0.563. The summed E-state index contributed by atoms with van der Waals surface area (Å²) in [5.74, 6) is -0.492. The number of halogens is 1. The lowest BCUT2D eigenvalue weighted by atomic mass is 10.1. The van der Waals surface area contributed by atoms with Crippen LogP contribution in [0.1, 0.15) is 5.56 Å². The molecule has 0 aromatic heterocycles. The standard InChI is InChI=1S/C10H11FO3/c11-5-6-14-9-4-2-1-3-8(9)7-10(12)13/h1-4H,5-7H2,(H,12,13). The topological polar surface area (TPSA) is 46.5 Å². The number of benzene rings is 1. The molecule has 0 saturated carbocycles. The van der Waals surface area contributed by atoms with Crippen LogP contribution in [0.4, 0.5) is 4.39 Å². The van der Waals surface area contributed by atoms with Crippen LogP contribution in [0.5, 0.6) is 5.75 Å². The van der Waals surface area contributed by atoms with Gasteiger partial charge in [0.15, 0.2) is 0 Å². The Labute approximate surface area is 81.1 Å². The van der Waals surface area contributed by atoms with E-state index in [1.54, 1.807) is 24.3 Å². The fourth-order valence-electron chi connectivity index (χ4n) is 1.10. The van der Waals surface area contributed by atoms with Crippen LogP contribution in [0.15, 0.2) is 24.3 Å². The summed E-state index contributed by atoms with van der Waals surface area (Å²) in [6, 6.07) is 6.73. The van der Waals surface area contributed by atoms with Crippen LogP contribution in [0, 0.1) is 0 Å². The predicted octanol–water partition coefficient (Wildman–Crippen LogP) is 1.66. The molecule has 0 atom stereocenters. The second-order valence-corrected chi connectivity index (χ2v) is 2.72. The summed E-state index contributed by atoms with van der Waals surface area (Å²) in [6.45, 7) is -0.627. The third kappa shape index (κ3) is 3.05. The van der Waals surface area contributed by atoms with Crippen molar-refractivity contribution in [1.29, 1.82) is 0 Å². The third-order valence-electron chi connectivity index (χ3n) is 1.65. The van der Waals surface area contributed by atoms with Crippen LogP contribution in [0.3, 0.4) is 0 Å². The molecule has 0 unspecified atom stereocenters. The molecule has 4 heteroatoms. The van der Waals surface area contributed by atoms with Crippen molar-refractivity contribution in [3.8, 4) is 5.75 Å². The molecule has 0 spiro atoms. The molecule has 1 N–H and O–H groups in total. The zero-order valence-electron chi connectivity index (χ0n) is 7.57. The molecule has 0 heterocycles. The van der Waals surface area contributed by atoms with Crippen LogP contribution in [0.25, 0.3) is 0 Å². The van der Waals surface area contributed by atoms with E-state index in [4.69, 9.17) is 9.84 Å². The molecule has 0 aliphatic heterocycles. The first-order valence-corrected chi connectivity index (χ1v) is 4.22. The lowest BCUT2D eigenvalue weighted by Crippen LogP contribution is -2.05. The van der Waals surface area contributed by atoms with Gasteiger partial charge in [0.1, 0.15) is 19.0 Å². The van der Waals surface area contributed by atoms with Gasteiger partial charge in [-0.15, -0.1) is 0 Å². The summed E-state index contributed by atoms with van der Waals surface area (Å²) >= 11 is 0. The molecular weight excluding hydrogens is 187 g/mol. The maximum Gasteiger partial charge on any atom is 0.307 e. The predicted molar refractivity (Wildman–Crippen MR) is 49.3 cm³/mol. The number of aliphatic carboxylic acids is 1. The Bertz CT molecular complexity index is 312. The van der Waals surface area contributed by atoms with E-state index in [2.05, 4.69) is 0 Å². The van der Waals surface area contributed by atoms with E-state index in [0.29, 0.717) is 11.3 Å². The lowest BCUT2D eigenvalue weighted by molar-refractivity contribution is -0.136. The molecule has 14 heavy (non-hydrogen) atoms. The SMILES string of the molecule is O=C(O)Cc1ccccc1OCCF. The second-order valence-electron chi connectivity index (χ2n) is 2.72. The van der Waals surface area contributed by atoms with Crippen molar-refractivity contribution in [2.24, 2.45) is 0 Å². The minimum Gasteiger partial charge on any atom is -0.491 e. The first kappa shape index (κ1) is 10.5. The maximum absolute atomic E-state index is 11.8. The molecule has 0 fully saturated rings. The number of rotatable bonds is 5. The zero-order valence-corrected chi connectivity index (χ0v) is 7.57. The van der Waals surface area contributed by atoms with E-state index in [0.717, 1.165) is 0 Å². The highest BCUT2D eigenvalue weighted by Gasteiger charge is 2.06. The van der Waals surface area contributed by atoms with Crippen molar-refractivity contribution in [1.82, 2.24) is 0 Å². The molecule has 0 bridgehead atoms. The Morgan fingerprint density at radius 2 is 2.14 bits per heavy atom. The average Bonchev–Trinajstić information content (AvgIpc) is 2.16. The molecule has 3 nitrogen and oxygen atoms in total. The van der Waals surface area contributed by atoms with Gasteiger partial charge in [0.05, 0.1) is 6.42 Å². The molecule has 0 saturated heterocycles. The Balaban J connectivity index is 2.74. The molecule has 0 aliphatic rings. The number of hydrogen-bond acceptors (Lipinski definition) is 2. The highest BCUT2D eigenvalue weighted by atomic mass is 19.1. The van der Waals surface area contributed by atoms with Crippen LogP contribution in [0.2, 0.25) is 0 Å². The largest absolute Gasteiger partial charge is 0.491 e. The minimum atomic E-state index is -0.929. The first-order valence-electron chi connectivity index (χ1n) is 4.22. The number of alkyl halides is 1. The number of carboxylic acids is 1. The van der Waals surface area contributed by atoms with Crippen molar-refractivity contribution in [3.05, 3.63) is 29.8 Å². The smallest absolute Gasteiger partial charge is 0.307 e. The van der Waals surface area contributed by atoms with Gasteiger partial charge in [-0.3, -0.25) is 4.79 Å². The normalized spacial score (nSPS) is 9.79. The van der Waals surface area contributed by atoms with E-state index in [-0.39, 0.29) is 13.0 Å². The lowest BCUT2D eigenvalue weighted by Gasteiger charge is -2.07. The fraction of sp³-hybridized carbons (Fsp3) is 0.300. The number of hydrogen-bond donors (Lipinski definition) is 1. The van der Waals surface area contributed by atoms with Gasteiger partial charge in [0.2, 0.25) is 0 Å². The monoisotopic (exact) mass is 198 g/mol. The third-order valence-corrected chi connectivity index (χ3v) is 1.65. The molecular formula is C10H11FO3. The minimum absolute atomic E-state index is 0.0450. The summed E-state index contributed by atoms with van der Waals surface area (Å²) in [7, 11) is 0.